The molecule has 2 aliphatic rings. The molecule has 4 rings (SSSR count). The number of nitrogens with zero attached hydrogens (tertiary/aromatic N) is 4. The van der Waals surface area contributed by atoms with Gasteiger partial charge in [0.15, 0.2) is 5.82 Å². The van der Waals surface area contributed by atoms with Crippen molar-refractivity contribution in [3.05, 3.63) is 24.7 Å². The average Bonchev–Trinajstić information content (AvgIpc) is 3.18. The lowest BCUT2D eigenvalue weighted by molar-refractivity contribution is 0.376. The van der Waals surface area contributed by atoms with E-state index in [4.69, 9.17) is 0 Å². The predicted molar refractivity (Wildman–Crippen MR) is 79.0 cm³/mol. The van der Waals surface area contributed by atoms with E-state index in [2.05, 4.69) is 26.4 Å². The van der Waals surface area contributed by atoms with Gasteiger partial charge in [-0.1, -0.05) is 0 Å². The zero-order valence-electron chi connectivity index (χ0n) is 11.7. The third-order valence-electron chi connectivity index (χ3n) is 4.69. The summed E-state index contributed by atoms with van der Waals surface area (Å²) in [6.45, 7) is 2.28. The topological polar surface area (TPSA) is 45.5 Å². The van der Waals surface area contributed by atoms with Crippen molar-refractivity contribution < 1.29 is 0 Å². The second kappa shape index (κ2) is 5.05. The van der Waals surface area contributed by atoms with Gasteiger partial charge in [-0.05, 0) is 44.7 Å². The first-order valence-corrected chi connectivity index (χ1v) is 7.72. The fourth-order valence-electron chi connectivity index (χ4n) is 3.74. The second-order valence-electron chi connectivity index (χ2n) is 5.87. The first-order valence-electron chi connectivity index (χ1n) is 7.72. The fourth-order valence-corrected chi connectivity index (χ4v) is 3.74. The summed E-state index contributed by atoms with van der Waals surface area (Å²) in [5, 5.41) is 8.01. The van der Waals surface area contributed by atoms with Gasteiger partial charge >= 0.3 is 0 Å². The standard InChI is InChI=1S/C15H21N5/c1-2-10-19(13(5-1)12-4-3-7-16-12)15-14-6-8-18-20(14)11-9-17-15/h6,8-9,11-13,16H,1-5,7,10H2. The van der Waals surface area contributed by atoms with Crippen LogP contribution < -0.4 is 10.2 Å². The predicted octanol–water partition coefficient (Wildman–Crippen LogP) is 1.84. The van der Waals surface area contributed by atoms with Crippen LogP contribution in [-0.4, -0.2) is 39.8 Å². The molecule has 0 amide bonds. The summed E-state index contributed by atoms with van der Waals surface area (Å²) in [5.41, 5.74) is 1.12. The first-order chi connectivity index (χ1) is 9.93. The summed E-state index contributed by atoms with van der Waals surface area (Å²) in [6.07, 6.45) is 12.1. The highest BCUT2D eigenvalue weighted by atomic mass is 15.3. The van der Waals surface area contributed by atoms with Crippen molar-refractivity contribution in [2.45, 2.75) is 44.2 Å². The lowest BCUT2D eigenvalue weighted by Crippen LogP contribution is -2.50. The average molecular weight is 271 g/mol. The van der Waals surface area contributed by atoms with E-state index in [1.54, 1.807) is 0 Å². The van der Waals surface area contributed by atoms with E-state index in [0.717, 1.165) is 17.9 Å². The van der Waals surface area contributed by atoms with E-state index in [1.807, 2.05) is 23.1 Å². The maximum absolute atomic E-state index is 4.66. The van der Waals surface area contributed by atoms with Gasteiger partial charge < -0.3 is 10.2 Å². The highest BCUT2D eigenvalue weighted by Crippen LogP contribution is 2.30. The molecule has 20 heavy (non-hydrogen) atoms. The lowest BCUT2D eigenvalue weighted by atomic mass is 9.94. The summed E-state index contributed by atoms with van der Waals surface area (Å²) < 4.78 is 1.93. The number of aromatic nitrogens is 3. The van der Waals surface area contributed by atoms with Gasteiger partial charge in [0.1, 0.15) is 5.52 Å². The molecular weight excluding hydrogens is 250 g/mol. The van der Waals surface area contributed by atoms with Crippen LogP contribution in [0.1, 0.15) is 32.1 Å². The Morgan fingerprint density at radius 2 is 2.15 bits per heavy atom. The number of piperidine rings is 1. The van der Waals surface area contributed by atoms with E-state index in [-0.39, 0.29) is 0 Å². The maximum Gasteiger partial charge on any atom is 0.154 e. The van der Waals surface area contributed by atoms with E-state index < -0.39 is 0 Å². The third-order valence-corrected chi connectivity index (χ3v) is 4.69. The molecule has 0 saturated carbocycles. The minimum Gasteiger partial charge on any atom is -0.350 e. The number of rotatable bonds is 2. The molecular formula is C15H21N5. The van der Waals surface area contributed by atoms with E-state index in [1.165, 1.54) is 38.6 Å². The Hall–Kier alpha value is -1.62. The Morgan fingerprint density at radius 3 is 3.05 bits per heavy atom. The monoisotopic (exact) mass is 271 g/mol. The van der Waals surface area contributed by atoms with Crippen molar-refractivity contribution in [3.63, 3.8) is 0 Å². The van der Waals surface area contributed by atoms with Crippen LogP contribution in [0.3, 0.4) is 0 Å². The molecule has 1 N–H and O–H groups in total. The van der Waals surface area contributed by atoms with Gasteiger partial charge in [-0.25, -0.2) is 9.50 Å². The first kappa shape index (κ1) is 12.1. The Kier molecular flexibility index (Phi) is 3.07. The van der Waals surface area contributed by atoms with Crippen LogP contribution >= 0.6 is 0 Å². The van der Waals surface area contributed by atoms with Crippen molar-refractivity contribution in [1.82, 2.24) is 19.9 Å². The molecule has 2 atom stereocenters. The molecule has 2 saturated heterocycles. The Bertz CT molecular complexity index is 587. The van der Waals surface area contributed by atoms with Crippen molar-refractivity contribution in [2.24, 2.45) is 0 Å². The van der Waals surface area contributed by atoms with E-state index >= 15 is 0 Å². The molecule has 2 aliphatic heterocycles. The molecule has 106 valence electrons. The van der Waals surface area contributed by atoms with Crippen LogP contribution in [0.4, 0.5) is 5.82 Å². The van der Waals surface area contributed by atoms with E-state index in [0.29, 0.717) is 12.1 Å². The second-order valence-corrected chi connectivity index (χ2v) is 5.87. The number of anilines is 1. The minimum absolute atomic E-state index is 0.583. The number of hydrogen-bond acceptors (Lipinski definition) is 4. The van der Waals surface area contributed by atoms with Gasteiger partial charge in [0.05, 0.1) is 6.20 Å². The normalized spacial score (nSPS) is 27.3. The quantitative estimate of drug-likeness (QED) is 0.905. The number of fused-ring (bicyclic) bond motifs is 1. The van der Waals surface area contributed by atoms with Gasteiger partial charge in [0, 0.05) is 31.0 Å². The number of nitrogens with one attached hydrogen (secondary N) is 1. The molecule has 0 bridgehead atoms. The van der Waals surface area contributed by atoms with Crippen LogP contribution in [0.25, 0.3) is 5.52 Å². The molecule has 2 fully saturated rings. The summed E-state index contributed by atoms with van der Waals surface area (Å²) in [5.74, 6) is 1.10. The molecule has 0 aromatic carbocycles. The molecule has 5 nitrogen and oxygen atoms in total. The van der Waals surface area contributed by atoms with Gasteiger partial charge in [-0.3, -0.25) is 0 Å². The summed E-state index contributed by atoms with van der Waals surface area (Å²) in [7, 11) is 0. The zero-order chi connectivity index (χ0) is 13.4. The van der Waals surface area contributed by atoms with Crippen LogP contribution in [0.5, 0.6) is 0 Å². The van der Waals surface area contributed by atoms with Crippen LogP contribution in [0.15, 0.2) is 24.7 Å². The van der Waals surface area contributed by atoms with Gasteiger partial charge in [0.25, 0.3) is 0 Å². The van der Waals surface area contributed by atoms with E-state index in [9.17, 15) is 0 Å². The molecule has 2 aromatic rings. The molecule has 5 heteroatoms. The Labute approximate surface area is 119 Å². The molecule has 0 spiro atoms. The highest BCUT2D eigenvalue weighted by molar-refractivity contribution is 5.68. The van der Waals surface area contributed by atoms with Crippen molar-refractivity contribution in [1.29, 1.82) is 0 Å². The summed E-state index contributed by atoms with van der Waals surface area (Å²) in [6, 6.07) is 3.27. The molecule has 0 aliphatic carbocycles. The molecule has 0 radical (unpaired) electrons. The third kappa shape index (κ3) is 1.97. The largest absolute Gasteiger partial charge is 0.350 e. The minimum atomic E-state index is 0.583. The summed E-state index contributed by atoms with van der Waals surface area (Å²) >= 11 is 0. The lowest BCUT2D eigenvalue weighted by Gasteiger charge is -2.40. The van der Waals surface area contributed by atoms with Crippen molar-refractivity contribution in [2.75, 3.05) is 18.0 Å². The maximum atomic E-state index is 4.66. The van der Waals surface area contributed by atoms with Gasteiger partial charge in [-0.15, -0.1) is 0 Å². The van der Waals surface area contributed by atoms with Crippen molar-refractivity contribution >= 4 is 11.3 Å². The fraction of sp³-hybridized carbons (Fsp3) is 0.600. The van der Waals surface area contributed by atoms with Crippen LogP contribution in [-0.2, 0) is 0 Å². The van der Waals surface area contributed by atoms with Gasteiger partial charge in [0.2, 0.25) is 0 Å². The number of hydrogen-bond donors (Lipinski definition) is 1. The SMILES string of the molecule is c1cn2nccc2c(N2CCCCC2C2CCCN2)n1. The van der Waals surface area contributed by atoms with Crippen molar-refractivity contribution in [3.8, 4) is 0 Å². The molecule has 2 unspecified atom stereocenters. The zero-order valence-corrected chi connectivity index (χ0v) is 11.7. The van der Waals surface area contributed by atoms with Crippen LogP contribution in [0.2, 0.25) is 0 Å². The Balaban J connectivity index is 1.72. The molecule has 2 aromatic heterocycles. The Morgan fingerprint density at radius 1 is 1.15 bits per heavy atom. The summed E-state index contributed by atoms with van der Waals surface area (Å²) in [4.78, 5) is 7.18. The smallest absolute Gasteiger partial charge is 0.154 e. The van der Waals surface area contributed by atoms with Crippen LogP contribution in [0, 0.1) is 0 Å². The molecule has 4 heterocycles. The van der Waals surface area contributed by atoms with Gasteiger partial charge in [-0.2, -0.15) is 5.10 Å². The highest BCUT2D eigenvalue weighted by Gasteiger charge is 2.33.